The molecule has 0 aromatic heterocycles. The van der Waals surface area contributed by atoms with E-state index >= 15 is 0 Å². The van der Waals surface area contributed by atoms with E-state index in [1.54, 1.807) is 0 Å². The summed E-state index contributed by atoms with van der Waals surface area (Å²) in [6.07, 6.45) is -1.34. The van der Waals surface area contributed by atoms with E-state index in [2.05, 4.69) is 5.32 Å². The second kappa shape index (κ2) is 6.14. The molecule has 0 aliphatic heterocycles. The number of aliphatic hydroxyl groups is 2. The van der Waals surface area contributed by atoms with Gasteiger partial charge in [-0.25, -0.2) is 0 Å². The van der Waals surface area contributed by atoms with Crippen molar-refractivity contribution in [3.8, 4) is 0 Å². The molecule has 4 atom stereocenters. The van der Waals surface area contributed by atoms with Crippen LogP contribution in [0.1, 0.15) is 17.9 Å². The molecular weight excluding hydrogens is 246 g/mol. The van der Waals surface area contributed by atoms with Crippen LogP contribution in [0.15, 0.2) is 30.3 Å². The Balaban J connectivity index is 2.14. The molecule has 5 nitrogen and oxygen atoms in total. The van der Waals surface area contributed by atoms with Crippen molar-refractivity contribution in [3.63, 3.8) is 0 Å². The Kier molecular flexibility index (Phi) is 4.52. The van der Waals surface area contributed by atoms with Crippen molar-refractivity contribution in [1.82, 2.24) is 5.32 Å². The first kappa shape index (κ1) is 14.0. The molecule has 1 aromatic rings. The van der Waals surface area contributed by atoms with Gasteiger partial charge >= 0.3 is 0 Å². The number of rotatable bonds is 4. The van der Waals surface area contributed by atoms with Crippen molar-refractivity contribution in [3.05, 3.63) is 35.9 Å². The number of hydrogen-bond donors (Lipinski definition) is 3. The van der Waals surface area contributed by atoms with Gasteiger partial charge in [0.05, 0.1) is 12.1 Å². The summed E-state index contributed by atoms with van der Waals surface area (Å²) >= 11 is 0. The minimum Gasteiger partial charge on any atom is -0.390 e. The van der Waals surface area contributed by atoms with E-state index in [4.69, 9.17) is 4.74 Å². The molecule has 0 unspecified atom stereocenters. The van der Waals surface area contributed by atoms with Gasteiger partial charge in [-0.2, -0.15) is 0 Å². The van der Waals surface area contributed by atoms with Gasteiger partial charge in [0.2, 0.25) is 5.91 Å². The first-order valence-corrected chi connectivity index (χ1v) is 6.33. The minimum absolute atomic E-state index is 0.0547. The Hall–Kier alpha value is -1.43. The van der Waals surface area contributed by atoms with Gasteiger partial charge in [-0.1, -0.05) is 30.3 Å². The van der Waals surface area contributed by atoms with E-state index in [-0.39, 0.29) is 18.4 Å². The van der Waals surface area contributed by atoms with E-state index in [0.29, 0.717) is 6.42 Å². The fourth-order valence-electron chi connectivity index (χ4n) is 2.61. The molecular formula is C14H19NO4. The molecule has 1 fully saturated rings. The molecule has 1 saturated carbocycles. The fraction of sp³-hybridized carbons (Fsp3) is 0.500. The van der Waals surface area contributed by atoms with Crippen molar-refractivity contribution in [1.29, 1.82) is 0 Å². The summed E-state index contributed by atoms with van der Waals surface area (Å²) in [7, 11) is 1.44. The highest BCUT2D eigenvalue weighted by atomic mass is 16.5. The normalized spacial score (nSPS) is 30.3. The molecule has 0 spiro atoms. The molecule has 0 radical (unpaired) electrons. The molecule has 0 bridgehead atoms. The number of methoxy groups -OCH3 is 1. The highest BCUT2D eigenvalue weighted by molar-refractivity contribution is 5.77. The van der Waals surface area contributed by atoms with Gasteiger partial charge in [0, 0.05) is 13.0 Å². The Morgan fingerprint density at radius 1 is 1.37 bits per heavy atom. The molecule has 104 valence electrons. The van der Waals surface area contributed by atoms with Gasteiger partial charge in [-0.15, -0.1) is 0 Å². The second-order valence-corrected chi connectivity index (χ2v) is 4.84. The molecule has 0 heterocycles. The van der Waals surface area contributed by atoms with Gasteiger partial charge in [0.25, 0.3) is 0 Å². The van der Waals surface area contributed by atoms with Crippen molar-refractivity contribution in [2.24, 2.45) is 0 Å². The topological polar surface area (TPSA) is 78.8 Å². The molecule has 1 aliphatic carbocycles. The number of amides is 1. The van der Waals surface area contributed by atoms with E-state index in [9.17, 15) is 15.0 Å². The summed E-state index contributed by atoms with van der Waals surface area (Å²) < 4.78 is 4.76. The summed E-state index contributed by atoms with van der Waals surface area (Å²) in [5.74, 6) is -0.381. The number of benzene rings is 1. The van der Waals surface area contributed by atoms with Crippen LogP contribution in [0.4, 0.5) is 0 Å². The predicted molar refractivity (Wildman–Crippen MR) is 69.6 cm³/mol. The molecule has 1 aromatic carbocycles. The monoisotopic (exact) mass is 265 g/mol. The third kappa shape index (κ3) is 3.12. The van der Waals surface area contributed by atoms with Crippen LogP contribution in [0.5, 0.6) is 0 Å². The van der Waals surface area contributed by atoms with Crippen LogP contribution in [0.3, 0.4) is 0 Å². The maximum atomic E-state index is 11.6. The van der Waals surface area contributed by atoms with Crippen LogP contribution in [0, 0.1) is 0 Å². The Bertz CT molecular complexity index is 423. The van der Waals surface area contributed by atoms with E-state index in [1.165, 1.54) is 7.11 Å². The zero-order valence-electron chi connectivity index (χ0n) is 10.8. The Labute approximate surface area is 112 Å². The zero-order valence-corrected chi connectivity index (χ0v) is 10.8. The standard InChI is InChI=1S/C14H19NO4/c1-19-8-12(17)15-13-10(7-11(16)14(13)18)9-5-3-2-4-6-9/h2-6,10-11,13-14,16,18H,7-8H2,1H3,(H,15,17)/t10-,11-,13-,14-/m1/s1. The molecule has 2 rings (SSSR count). The van der Waals surface area contributed by atoms with Crippen LogP contribution in [0.25, 0.3) is 0 Å². The summed E-state index contributed by atoms with van der Waals surface area (Å²) in [5, 5.41) is 22.5. The fourth-order valence-corrected chi connectivity index (χ4v) is 2.61. The third-order valence-corrected chi connectivity index (χ3v) is 3.52. The van der Waals surface area contributed by atoms with Gasteiger partial charge in [0.15, 0.2) is 0 Å². The lowest BCUT2D eigenvalue weighted by Gasteiger charge is -2.23. The molecule has 3 N–H and O–H groups in total. The van der Waals surface area contributed by atoms with Crippen molar-refractivity contribution in [2.45, 2.75) is 30.6 Å². The first-order valence-electron chi connectivity index (χ1n) is 6.33. The summed E-state index contributed by atoms with van der Waals surface area (Å²) in [5.41, 5.74) is 1.00. The maximum absolute atomic E-state index is 11.6. The number of hydrogen-bond acceptors (Lipinski definition) is 4. The van der Waals surface area contributed by atoms with Crippen molar-refractivity contribution < 1.29 is 19.7 Å². The highest BCUT2D eigenvalue weighted by Crippen LogP contribution is 2.35. The number of ether oxygens (including phenoxy) is 1. The van der Waals surface area contributed by atoms with E-state index in [1.807, 2.05) is 30.3 Å². The zero-order chi connectivity index (χ0) is 13.8. The molecule has 1 amide bonds. The van der Waals surface area contributed by atoms with Gasteiger partial charge in [-0.3, -0.25) is 4.79 Å². The summed E-state index contributed by atoms with van der Waals surface area (Å²) in [6, 6.07) is 9.10. The Morgan fingerprint density at radius 2 is 2.05 bits per heavy atom. The number of nitrogens with one attached hydrogen (secondary N) is 1. The van der Waals surface area contributed by atoms with Crippen LogP contribution >= 0.6 is 0 Å². The largest absolute Gasteiger partial charge is 0.390 e. The number of carbonyl (C=O) groups excluding carboxylic acids is 1. The maximum Gasteiger partial charge on any atom is 0.246 e. The Morgan fingerprint density at radius 3 is 2.68 bits per heavy atom. The predicted octanol–water partition coefficient (Wildman–Crippen LogP) is 0.0269. The van der Waals surface area contributed by atoms with Gasteiger partial charge < -0.3 is 20.3 Å². The lowest BCUT2D eigenvalue weighted by molar-refractivity contribution is -0.126. The van der Waals surface area contributed by atoms with Crippen LogP contribution in [-0.4, -0.2) is 48.1 Å². The van der Waals surface area contributed by atoms with Crippen molar-refractivity contribution in [2.75, 3.05) is 13.7 Å². The average Bonchev–Trinajstić information content (AvgIpc) is 2.68. The average molecular weight is 265 g/mol. The highest BCUT2D eigenvalue weighted by Gasteiger charge is 2.42. The summed E-state index contributed by atoms with van der Waals surface area (Å²) in [6.45, 7) is -0.0547. The van der Waals surface area contributed by atoms with E-state index < -0.39 is 18.2 Å². The van der Waals surface area contributed by atoms with Gasteiger partial charge in [0.1, 0.15) is 12.7 Å². The third-order valence-electron chi connectivity index (χ3n) is 3.52. The molecule has 0 saturated heterocycles. The lowest BCUT2D eigenvalue weighted by atomic mass is 9.93. The van der Waals surface area contributed by atoms with E-state index in [0.717, 1.165) is 5.56 Å². The summed E-state index contributed by atoms with van der Waals surface area (Å²) in [4.78, 5) is 11.6. The first-order chi connectivity index (χ1) is 9.13. The lowest BCUT2D eigenvalue weighted by Crippen LogP contribution is -2.46. The second-order valence-electron chi connectivity index (χ2n) is 4.84. The molecule has 5 heteroatoms. The SMILES string of the molecule is COCC(=O)N[C@H]1[C@H](O)[C@H](O)C[C@@H]1c1ccccc1. The smallest absolute Gasteiger partial charge is 0.246 e. The number of aliphatic hydroxyl groups excluding tert-OH is 2. The quantitative estimate of drug-likeness (QED) is 0.717. The van der Waals surface area contributed by atoms with Crippen LogP contribution < -0.4 is 5.32 Å². The van der Waals surface area contributed by atoms with Gasteiger partial charge in [-0.05, 0) is 12.0 Å². The molecule has 1 aliphatic rings. The van der Waals surface area contributed by atoms with Crippen LogP contribution in [0.2, 0.25) is 0 Å². The minimum atomic E-state index is -0.953. The van der Waals surface area contributed by atoms with Crippen molar-refractivity contribution >= 4 is 5.91 Å². The number of carbonyl (C=O) groups is 1. The van der Waals surface area contributed by atoms with Crippen LogP contribution in [-0.2, 0) is 9.53 Å². The molecule has 19 heavy (non-hydrogen) atoms.